The second-order valence-corrected chi connectivity index (χ2v) is 3.80. The number of nitriles is 1. The summed E-state index contributed by atoms with van der Waals surface area (Å²) >= 11 is 1.31. The quantitative estimate of drug-likeness (QED) is 0.634. The number of allylic oxidation sites excluding steroid dienone is 1. The normalized spacial score (nSPS) is 11.7. The van der Waals surface area contributed by atoms with E-state index in [-0.39, 0.29) is 11.3 Å². The molecule has 4 nitrogen and oxygen atoms in total. The fraction of sp³-hybridized carbons (Fsp3) is 0. The van der Waals surface area contributed by atoms with Gasteiger partial charge in [0.2, 0.25) is 0 Å². The highest BCUT2D eigenvalue weighted by atomic mass is 32.1. The van der Waals surface area contributed by atoms with Crippen molar-refractivity contribution in [3.05, 3.63) is 46.7 Å². The van der Waals surface area contributed by atoms with Gasteiger partial charge in [-0.1, -0.05) is 0 Å². The maximum atomic E-state index is 9.95. The molecule has 0 aliphatic rings. The molecule has 2 aromatic rings. The zero-order valence-corrected chi connectivity index (χ0v) is 8.98. The van der Waals surface area contributed by atoms with Gasteiger partial charge in [-0.3, -0.25) is 4.98 Å². The molecule has 0 spiro atoms. The van der Waals surface area contributed by atoms with Crippen molar-refractivity contribution in [2.24, 2.45) is 0 Å². The summed E-state index contributed by atoms with van der Waals surface area (Å²) in [6.45, 7) is 0. The van der Waals surface area contributed by atoms with Gasteiger partial charge in [0, 0.05) is 29.5 Å². The molecule has 0 aliphatic carbocycles. The third-order valence-electron chi connectivity index (χ3n) is 1.95. The van der Waals surface area contributed by atoms with Gasteiger partial charge in [0.05, 0.1) is 0 Å². The van der Waals surface area contributed by atoms with Gasteiger partial charge >= 0.3 is 0 Å². The van der Waals surface area contributed by atoms with E-state index in [0.29, 0.717) is 10.6 Å². The predicted molar refractivity (Wildman–Crippen MR) is 61.4 cm³/mol. The maximum absolute atomic E-state index is 9.95. The molecule has 0 atom stereocenters. The minimum absolute atomic E-state index is 0.0696. The number of hydrogen-bond acceptors (Lipinski definition) is 5. The molecule has 0 aliphatic heterocycles. The molecule has 0 fully saturated rings. The summed E-state index contributed by atoms with van der Waals surface area (Å²) in [5.41, 5.74) is 0.739. The third-order valence-corrected chi connectivity index (χ3v) is 2.74. The lowest BCUT2D eigenvalue weighted by atomic mass is 10.1. The largest absolute Gasteiger partial charge is 0.506 e. The van der Waals surface area contributed by atoms with E-state index in [0.717, 1.165) is 0 Å². The molecule has 78 valence electrons. The SMILES string of the molecule is N#C/C(=C(\O)c1ccncc1)c1nccs1. The van der Waals surface area contributed by atoms with E-state index >= 15 is 0 Å². The number of nitrogens with zero attached hydrogens (tertiary/aromatic N) is 3. The molecule has 2 aromatic heterocycles. The van der Waals surface area contributed by atoms with Crippen LogP contribution in [0.25, 0.3) is 11.3 Å². The third kappa shape index (κ3) is 1.92. The van der Waals surface area contributed by atoms with Crippen LogP contribution in [0, 0.1) is 11.3 Å². The number of pyridine rings is 1. The van der Waals surface area contributed by atoms with Gasteiger partial charge in [-0.05, 0) is 12.1 Å². The highest BCUT2D eigenvalue weighted by Gasteiger charge is 2.12. The number of rotatable bonds is 2. The molecule has 0 radical (unpaired) electrons. The molecular formula is C11H7N3OS. The zero-order chi connectivity index (χ0) is 11.4. The van der Waals surface area contributed by atoms with Gasteiger partial charge in [-0.25, -0.2) is 4.98 Å². The van der Waals surface area contributed by atoms with Crippen LogP contribution in [0.1, 0.15) is 10.6 Å². The molecule has 0 aromatic carbocycles. The van der Waals surface area contributed by atoms with E-state index in [1.807, 2.05) is 6.07 Å². The van der Waals surface area contributed by atoms with Gasteiger partial charge < -0.3 is 5.11 Å². The minimum Gasteiger partial charge on any atom is -0.506 e. The van der Waals surface area contributed by atoms with Crippen molar-refractivity contribution >= 4 is 22.7 Å². The lowest BCUT2D eigenvalue weighted by Gasteiger charge is -2.01. The van der Waals surface area contributed by atoms with Crippen molar-refractivity contribution in [1.82, 2.24) is 9.97 Å². The van der Waals surface area contributed by atoms with E-state index in [1.165, 1.54) is 11.3 Å². The first-order valence-corrected chi connectivity index (χ1v) is 5.34. The van der Waals surface area contributed by atoms with Crippen LogP contribution in [0.2, 0.25) is 0 Å². The van der Waals surface area contributed by atoms with Crippen molar-refractivity contribution in [3.63, 3.8) is 0 Å². The smallest absolute Gasteiger partial charge is 0.143 e. The van der Waals surface area contributed by atoms with Crippen molar-refractivity contribution < 1.29 is 5.11 Å². The molecule has 0 amide bonds. The highest BCUT2D eigenvalue weighted by molar-refractivity contribution is 7.10. The van der Waals surface area contributed by atoms with E-state index in [2.05, 4.69) is 9.97 Å². The number of aliphatic hydroxyl groups is 1. The molecule has 0 unspecified atom stereocenters. The van der Waals surface area contributed by atoms with Gasteiger partial charge in [0.1, 0.15) is 22.4 Å². The van der Waals surface area contributed by atoms with Crippen molar-refractivity contribution in [2.45, 2.75) is 0 Å². The Bertz CT molecular complexity index is 540. The Hall–Kier alpha value is -2.19. The Morgan fingerprint density at radius 2 is 2.06 bits per heavy atom. The first kappa shape index (κ1) is 10.3. The number of aromatic nitrogens is 2. The van der Waals surface area contributed by atoms with E-state index in [9.17, 15) is 5.11 Å². The van der Waals surface area contributed by atoms with E-state index in [4.69, 9.17) is 5.26 Å². The Morgan fingerprint density at radius 3 is 2.62 bits per heavy atom. The summed E-state index contributed by atoms with van der Waals surface area (Å²) < 4.78 is 0. The average Bonchev–Trinajstić information content (AvgIpc) is 2.85. The molecule has 0 saturated carbocycles. The number of hydrogen-bond donors (Lipinski definition) is 1. The summed E-state index contributed by atoms with van der Waals surface area (Å²) in [5, 5.41) is 21.2. The van der Waals surface area contributed by atoms with Crippen LogP contribution in [-0.4, -0.2) is 15.1 Å². The fourth-order valence-corrected chi connectivity index (χ4v) is 1.84. The van der Waals surface area contributed by atoms with Crippen molar-refractivity contribution in [1.29, 1.82) is 5.26 Å². The number of aliphatic hydroxyl groups excluding tert-OH is 1. The average molecular weight is 229 g/mol. The summed E-state index contributed by atoms with van der Waals surface area (Å²) in [7, 11) is 0. The fourth-order valence-electron chi connectivity index (χ4n) is 1.20. The summed E-state index contributed by atoms with van der Waals surface area (Å²) in [5.74, 6) is -0.0696. The maximum Gasteiger partial charge on any atom is 0.143 e. The standard InChI is InChI=1S/C11H7N3OS/c12-7-9(11-14-5-6-16-11)10(15)8-1-3-13-4-2-8/h1-6,15H/b10-9+. The Balaban J connectivity index is 2.52. The van der Waals surface area contributed by atoms with E-state index < -0.39 is 0 Å². The van der Waals surface area contributed by atoms with Gasteiger partial charge in [-0.2, -0.15) is 5.26 Å². The summed E-state index contributed by atoms with van der Waals surface area (Å²) in [6.07, 6.45) is 4.71. The first-order valence-electron chi connectivity index (χ1n) is 4.46. The lowest BCUT2D eigenvalue weighted by molar-refractivity contribution is 0.514. The van der Waals surface area contributed by atoms with Gasteiger partial charge in [0.15, 0.2) is 0 Å². The number of thiazole rings is 1. The molecule has 5 heteroatoms. The second-order valence-electron chi connectivity index (χ2n) is 2.91. The van der Waals surface area contributed by atoms with Crippen molar-refractivity contribution in [3.8, 4) is 6.07 Å². The van der Waals surface area contributed by atoms with Gasteiger partial charge in [-0.15, -0.1) is 11.3 Å². The van der Waals surface area contributed by atoms with Crippen LogP contribution >= 0.6 is 11.3 Å². The lowest BCUT2D eigenvalue weighted by Crippen LogP contribution is -1.89. The van der Waals surface area contributed by atoms with Crippen molar-refractivity contribution in [2.75, 3.05) is 0 Å². The van der Waals surface area contributed by atoms with Crippen LogP contribution in [-0.2, 0) is 0 Å². The Labute approximate surface area is 96.2 Å². The minimum atomic E-state index is -0.0696. The van der Waals surface area contributed by atoms with Crippen LogP contribution in [0.3, 0.4) is 0 Å². The molecule has 0 saturated heterocycles. The van der Waals surface area contributed by atoms with Gasteiger partial charge in [0.25, 0.3) is 0 Å². The molecule has 0 bridgehead atoms. The molecular weight excluding hydrogens is 222 g/mol. The molecule has 1 N–H and O–H groups in total. The van der Waals surface area contributed by atoms with Crippen LogP contribution in [0.5, 0.6) is 0 Å². The molecule has 2 rings (SSSR count). The monoisotopic (exact) mass is 229 g/mol. The molecule has 16 heavy (non-hydrogen) atoms. The molecule has 2 heterocycles. The zero-order valence-electron chi connectivity index (χ0n) is 8.16. The highest BCUT2D eigenvalue weighted by Crippen LogP contribution is 2.24. The summed E-state index contributed by atoms with van der Waals surface area (Å²) in [4.78, 5) is 7.84. The van der Waals surface area contributed by atoms with Crippen LogP contribution in [0.4, 0.5) is 0 Å². The Morgan fingerprint density at radius 1 is 1.31 bits per heavy atom. The second kappa shape index (κ2) is 4.55. The van der Waals surface area contributed by atoms with E-state index in [1.54, 1.807) is 36.1 Å². The predicted octanol–water partition coefficient (Wildman–Crippen LogP) is 2.49. The Kier molecular flexibility index (Phi) is 2.94. The summed E-state index contributed by atoms with van der Waals surface area (Å²) in [6, 6.07) is 5.24. The topological polar surface area (TPSA) is 69.8 Å². The van der Waals surface area contributed by atoms with Crippen LogP contribution in [0.15, 0.2) is 36.1 Å². The van der Waals surface area contributed by atoms with Crippen LogP contribution < -0.4 is 0 Å². The first-order chi connectivity index (χ1) is 7.83.